The van der Waals surface area contributed by atoms with Crippen LogP contribution >= 0.6 is 0 Å². The molecular weight excluding hydrogens is 142 g/mol. The Bertz CT molecular complexity index is 312. The van der Waals surface area contributed by atoms with E-state index in [2.05, 4.69) is 9.97 Å². The van der Waals surface area contributed by atoms with Crippen LogP contribution in [0, 0.1) is 0 Å². The van der Waals surface area contributed by atoms with Crippen LogP contribution in [0.3, 0.4) is 0 Å². The molecule has 0 aromatic carbocycles. The first kappa shape index (κ1) is 6.67. The molecule has 4 heteroatoms. The summed E-state index contributed by atoms with van der Waals surface area (Å²) in [7, 11) is 0. The summed E-state index contributed by atoms with van der Waals surface area (Å²) in [4.78, 5) is 16.3. The second-order valence-corrected chi connectivity index (χ2v) is 2.97. The molecule has 1 aromatic heterocycles. The van der Waals surface area contributed by atoms with Gasteiger partial charge in [0.2, 0.25) is 0 Å². The van der Waals surface area contributed by atoms with E-state index in [0.717, 1.165) is 30.7 Å². The Kier molecular flexibility index (Phi) is 1.35. The summed E-state index contributed by atoms with van der Waals surface area (Å²) in [6.45, 7) is 0. The smallest absolute Gasteiger partial charge is 0.323 e. The highest BCUT2D eigenvalue weighted by Gasteiger charge is 2.18. The van der Waals surface area contributed by atoms with Gasteiger partial charge in [-0.25, -0.2) is 4.79 Å². The highest BCUT2D eigenvalue weighted by atomic mass is 16.1. The number of hydrogen-bond donors (Lipinski definition) is 3. The third kappa shape index (κ3) is 0.991. The van der Waals surface area contributed by atoms with Crippen molar-refractivity contribution in [2.24, 2.45) is 5.73 Å². The fraction of sp³-hybridized carbons (Fsp3) is 0.571. The van der Waals surface area contributed by atoms with Gasteiger partial charge in [0.05, 0.1) is 5.69 Å². The standard InChI is InChI=1S/C7H11N3O/c8-4-2-1-3-5-6(4)10-7(11)9-5/h4H,1-3,8H2,(H2,9,10,11). The largest absolute Gasteiger partial charge is 0.323 e. The van der Waals surface area contributed by atoms with E-state index in [0.29, 0.717) is 0 Å². The molecule has 1 heterocycles. The van der Waals surface area contributed by atoms with Crippen LogP contribution in [0.5, 0.6) is 0 Å². The van der Waals surface area contributed by atoms with Gasteiger partial charge in [0.25, 0.3) is 0 Å². The van der Waals surface area contributed by atoms with E-state index in [1.165, 1.54) is 0 Å². The predicted octanol–water partition coefficient (Wildman–Crippen LogP) is 0.0391. The molecule has 2 rings (SSSR count). The summed E-state index contributed by atoms with van der Waals surface area (Å²) < 4.78 is 0. The lowest BCUT2D eigenvalue weighted by Gasteiger charge is -2.16. The van der Waals surface area contributed by atoms with Crippen LogP contribution in [-0.2, 0) is 6.42 Å². The molecule has 0 amide bonds. The zero-order valence-electron chi connectivity index (χ0n) is 6.18. The molecule has 1 unspecified atom stereocenters. The second kappa shape index (κ2) is 2.23. The van der Waals surface area contributed by atoms with Crippen LogP contribution in [0.2, 0.25) is 0 Å². The van der Waals surface area contributed by atoms with Crippen LogP contribution in [0.25, 0.3) is 0 Å². The van der Waals surface area contributed by atoms with E-state index < -0.39 is 0 Å². The minimum atomic E-state index is -0.132. The number of H-pyrrole nitrogens is 2. The third-order valence-electron chi connectivity index (χ3n) is 2.15. The maximum atomic E-state index is 10.8. The average molecular weight is 153 g/mol. The lowest BCUT2D eigenvalue weighted by Crippen LogP contribution is -2.17. The first-order valence-electron chi connectivity index (χ1n) is 3.84. The van der Waals surface area contributed by atoms with Gasteiger partial charge in [0.1, 0.15) is 0 Å². The Hall–Kier alpha value is -1.03. The lowest BCUT2D eigenvalue weighted by molar-refractivity contribution is 0.555. The van der Waals surface area contributed by atoms with Crippen molar-refractivity contribution in [3.8, 4) is 0 Å². The molecule has 60 valence electrons. The predicted molar refractivity (Wildman–Crippen MR) is 41.3 cm³/mol. The molecular formula is C7H11N3O. The Morgan fingerprint density at radius 1 is 1.45 bits per heavy atom. The summed E-state index contributed by atoms with van der Waals surface area (Å²) in [5.74, 6) is 0. The summed E-state index contributed by atoms with van der Waals surface area (Å²) in [6.07, 6.45) is 2.99. The van der Waals surface area contributed by atoms with E-state index in [1.807, 2.05) is 0 Å². The van der Waals surface area contributed by atoms with Crippen molar-refractivity contribution in [1.82, 2.24) is 9.97 Å². The van der Waals surface area contributed by atoms with Crippen molar-refractivity contribution in [3.63, 3.8) is 0 Å². The molecule has 0 saturated heterocycles. The first-order chi connectivity index (χ1) is 5.27. The van der Waals surface area contributed by atoms with E-state index >= 15 is 0 Å². The molecule has 1 aliphatic rings. The first-order valence-corrected chi connectivity index (χ1v) is 3.84. The highest BCUT2D eigenvalue weighted by Crippen LogP contribution is 2.23. The van der Waals surface area contributed by atoms with Gasteiger partial charge in [0, 0.05) is 11.7 Å². The molecule has 0 bridgehead atoms. The zero-order chi connectivity index (χ0) is 7.84. The summed E-state index contributed by atoms with van der Waals surface area (Å²) >= 11 is 0. The molecule has 4 nitrogen and oxygen atoms in total. The monoisotopic (exact) mass is 153 g/mol. The van der Waals surface area contributed by atoms with E-state index in [1.54, 1.807) is 0 Å². The minimum Gasteiger partial charge on any atom is -0.323 e. The van der Waals surface area contributed by atoms with Crippen molar-refractivity contribution in [3.05, 3.63) is 21.9 Å². The summed E-state index contributed by atoms with van der Waals surface area (Å²) in [5, 5.41) is 0. The Labute approximate surface area is 63.8 Å². The molecule has 1 aromatic rings. The number of nitrogens with one attached hydrogen (secondary N) is 2. The van der Waals surface area contributed by atoms with Crippen molar-refractivity contribution in [2.45, 2.75) is 25.3 Å². The number of aromatic amines is 2. The summed E-state index contributed by atoms with van der Waals surface area (Å²) in [6, 6.07) is 0.0256. The topological polar surface area (TPSA) is 74.7 Å². The number of aromatic nitrogens is 2. The highest BCUT2D eigenvalue weighted by molar-refractivity contribution is 5.17. The molecule has 1 atom stereocenters. The Morgan fingerprint density at radius 3 is 3.00 bits per heavy atom. The van der Waals surface area contributed by atoms with Crippen molar-refractivity contribution in [1.29, 1.82) is 0 Å². The maximum absolute atomic E-state index is 10.8. The molecule has 1 aliphatic carbocycles. The maximum Gasteiger partial charge on any atom is 0.323 e. The number of imidazole rings is 1. The number of rotatable bonds is 0. The van der Waals surface area contributed by atoms with Crippen LogP contribution in [-0.4, -0.2) is 9.97 Å². The van der Waals surface area contributed by atoms with E-state index in [9.17, 15) is 4.79 Å². The van der Waals surface area contributed by atoms with Crippen molar-refractivity contribution >= 4 is 0 Å². The van der Waals surface area contributed by atoms with Crippen molar-refractivity contribution < 1.29 is 0 Å². The number of fused-ring (bicyclic) bond motifs is 1. The second-order valence-electron chi connectivity index (χ2n) is 2.97. The number of hydrogen-bond acceptors (Lipinski definition) is 2. The van der Waals surface area contributed by atoms with Crippen LogP contribution in [0.4, 0.5) is 0 Å². The van der Waals surface area contributed by atoms with Gasteiger partial charge >= 0.3 is 5.69 Å². The lowest BCUT2D eigenvalue weighted by atomic mass is 9.97. The third-order valence-corrected chi connectivity index (χ3v) is 2.15. The fourth-order valence-corrected chi connectivity index (χ4v) is 1.59. The van der Waals surface area contributed by atoms with Gasteiger partial charge in [-0.15, -0.1) is 0 Å². The molecule has 0 radical (unpaired) electrons. The van der Waals surface area contributed by atoms with Gasteiger partial charge < -0.3 is 15.7 Å². The minimum absolute atomic E-state index is 0.0256. The Morgan fingerprint density at radius 2 is 2.27 bits per heavy atom. The van der Waals surface area contributed by atoms with E-state index in [4.69, 9.17) is 5.73 Å². The molecule has 0 spiro atoms. The fourth-order valence-electron chi connectivity index (χ4n) is 1.59. The van der Waals surface area contributed by atoms with Gasteiger partial charge in [-0.1, -0.05) is 0 Å². The van der Waals surface area contributed by atoms with Crippen LogP contribution in [0.1, 0.15) is 30.3 Å². The van der Waals surface area contributed by atoms with Gasteiger partial charge in [-0.05, 0) is 19.3 Å². The van der Waals surface area contributed by atoms with Gasteiger partial charge in [-0.2, -0.15) is 0 Å². The number of nitrogens with two attached hydrogens (primary N) is 1. The molecule has 0 fully saturated rings. The van der Waals surface area contributed by atoms with Crippen molar-refractivity contribution in [2.75, 3.05) is 0 Å². The molecule has 0 saturated carbocycles. The summed E-state index contributed by atoms with van der Waals surface area (Å²) in [5.41, 5.74) is 7.54. The van der Waals surface area contributed by atoms with Gasteiger partial charge in [0.15, 0.2) is 0 Å². The molecule has 11 heavy (non-hydrogen) atoms. The molecule has 4 N–H and O–H groups in total. The zero-order valence-corrected chi connectivity index (χ0v) is 6.18. The quantitative estimate of drug-likeness (QED) is 0.492. The SMILES string of the molecule is NC1CCCc2[nH]c(=O)[nH]c21. The number of aryl methyl sites for hydroxylation is 1. The average Bonchev–Trinajstić information content (AvgIpc) is 2.31. The normalized spacial score (nSPS) is 23.2. The van der Waals surface area contributed by atoms with Crippen LogP contribution < -0.4 is 11.4 Å². The Balaban J connectivity index is 2.52. The van der Waals surface area contributed by atoms with E-state index in [-0.39, 0.29) is 11.7 Å². The van der Waals surface area contributed by atoms with Crippen LogP contribution in [0.15, 0.2) is 4.79 Å². The molecule has 0 aliphatic heterocycles. The van der Waals surface area contributed by atoms with Gasteiger partial charge in [-0.3, -0.25) is 0 Å².